The summed E-state index contributed by atoms with van der Waals surface area (Å²) in [6, 6.07) is 10.6. The van der Waals surface area contributed by atoms with Gasteiger partial charge in [0, 0.05) is 19.3 Å². The number of aromatic nitrogens is 1. The molecule has 0 spiro atoms. The second-order valence-corrected chi connectivity index (χ2v) is 10.4. The van der Waals surface area contributed by atoms with Crippen LogP contribution in [0.15, 0.2) is 53.6 Å². The Balaban J connectivity index is 1.70. The van der Waals surface area contributed by atoms with Crippen molar-refractivity contribution in [2.45, 2.75) is 44.0 Å². The lowest BCUT2D eigenvalue weighted by Gasteiger charge is -2.32. The molecule has 0 aliphatic carbocycles. The van der Waals surface area contributed by atoms with Crippen molar-refractivity contribution < 1.29 is 22.7 Å². The first-order valence-corrected chi connectivity index (χ1v) is 12.9. The number of hydrogen-bond donors (Lipinski definition) is 2. The molecule has 2 heterocycles. The molecule has 2 N–H and O–H groups in total. The van der Waals surface area contributed by atoms with E-state index in [4.69, 9.17) is 4.74 Å². The molecule has 0 unspecified atom stereocenters. The maximum Gasteiger partial charge on any atom is 0.248 e. The van der Waals surface area contributed by atoms with E-state index in [1.165, 1.54) is 23.5 Å². The molecule has 2 aromatic rings. The monoisotopic (exact) mass is 488 g/mol. The Kier molecular flexibility index (Phi) is 8.62. The van der Waals surface area contributed by atoms with Crippen LogP contribution < -0.4 is 15.4 Å². The van der Waals surface area contributed by atoms with Gasteiger partial charge in [0.25, 0.3) is 0 Å². The van der Waals surface area contributed by atoms with Gasteiger partial charge in [0.15, 0.2) is 0 Å². The number of carbonyl (C=O) groups is 2. The van der Waals surface area contributed by atoms with Crippen LogP contribution in [0.3, 0.4) is 0 Å². The van der Waals surface area contributed by atoms with Crippen LogP contribution in [0.5, 0.6) is 5.75 Å². The number of methoxy groups -OCH3 is 1. The number of ether oxygens (including phenoxy) is 1. The highest BCUT2D eigenvalue weighted by Gasteiger charge is 2.35. The van der Waals surface area contributed by atoms with E-state index in [1.54, 1.807) is 36.5 Å². The van der Waals surface area contributed by atoms with Crippen molar-refractivity contribution in [3.05, 3.63) is 48.7 Å². The molecule has 1 fully saturated rings. The predicted octanol–water partition coefficient (Wildman–Crippen LogP) is 2.66. The van der Waals surface area contributed by atoms with Gasteiger partial charge in [-0.15, -0.1) is 0 Å². The Labute approximate surface area is 201 Å². The van der Waals surface area contributed by atoms with Gasteiger partial charge in [-0.3, -0.25) is 9.59 Å². The molecule has 1 aliphatic heterocycles. The number of amides is 2. The predicted molar refractivity (Wildman–Crippen MR) is 129 cm³/mol. The Morgan fingerprint density at radius 3 is 2.56 bits per heavy atom. The van der Waals surface area contributed by atoms with Crippen LogP contribution >= 0.6 is 0 Å². The molecule has 10 heteroatoms. The van der Waals surface area contributed by atoms with Crippen LogP contribution in [-0.4, -0.2) is 55.8 Å². The highest BCUT2D eigenvalue weighted by molar-refractivity contribution is 7.89. The van der Waals surface area contributed by atoms with E-state index in [9.17, 15) is 18.0 Å². The summed E-state index contributed by atoms with van der Waals surface area (Å²) in [4.78, 5) is 30.3. The lowest BCUT2D eigenvalue weighted by atomic mass is 9.95. The molecule has 0 radical (unpaired) electrons. The first-order valence-electron chi connectivity index (χ1n) is 11.4. The third kappa shape index (κ3) is 6.12. The minimum absolute atomic E-state index is 0.0648. The van der Waals surface area contributed by atoms with E-state index in [1.807, 2.05) is 13.8 Å². The minimum Gasteiger partial charge on any atom is -0.497 e. The fourth-order valence-corrected chi connectivity index (χ4v) is 5.41. The number of nitrogens with one attached hydrogen (secondary N) is 2. The van der Waals surface area contributed by atoms with Gasteiger partial charge in [0.1, 0.15) is 17.6 Å². The lowest BCUT2D eigenvalue weighted by molar-refractivity contribution is -0.131. The Morgan fingerprint density at radius 1 is 1.21 bits per heavy atom. The largest absolute Gasteiger partial charge is 0.497 e. The van der Waals surface area contributed by atoms with Crippen molar-refractivity contribution in [1.29, 1.82) is 0 Å². The number of piperidine rings is 1. The molecule has 0 bridgehead atoms. The quantitative estimate of drug-likeness (QED) is 0.560. The van der Waals surface area contributed by atoms with Crippen molar-refractivity contribution in [3.8, 4) is 5.75 Å². The molecule has 1 aromatic heterocycles. The summed E-state index contributed by atoms with van der Waals surface area (Å²) < 4.78 is 32.7. The molecular formula is C24H32N4O5S. The van der Waals surface area contributed by atoms with Gasteiger partial charge in [-0.25, -0.2) is 13.4 Å². The van der Waals surface area contributed by atoms with E-state index in [-0.39, 0.29) is 29.2 Å². The van der Waals surface area contributed by atoms with Gasteiger partial charge in [-0.2, -0.15) is 4.31 Å². The smallest absolute Gasteiger partial charge is 0.248 e. The van der Waals surface area contributed by atoms with Crippen molar-refractivity contribution in [2.75, 3.05) is 25.5 Å². The summed E-state index contributed by atoms with van der Waals surface area (Å²) in [6.45, 7) is 4.24. The van der Waals surface area contributed by atoms with Crippen molar-refractivity contribution in [1.82, 2.24) is 14.6 Å². The lowest BCUT2D eigenvalue weighted by Crippen LogP contribution is -2.52. The average Bonchev–Trinajstić information content (AvgIpc) is 2.87. The molecule has 34 heavy (non-hydrogen) atoms. The zero-order valence-corrected chi connectivity index (χ0v) is 20.5. The fraction of sp³-hybridized carbons (Fsp3) is 0.458. The van der Waals surface area contributed by atoms with Gasteiger partial charge in [0.2, 0.25) is 21.8 Å². The maximum atomic E-state index is 13.1. The van der Waals surface area contributed by atoms with Crippen LogP contribution in [0.2, 0.25) is 0 Å². The van der Waals surface area contributed by atoms with Crippen molar-refractivity contribution in [2.24, 2.45) is 11.8 Å². The minimum atomic E-state index is -3.75. The number of nitrogens with zero attached hydrogens (tertiary/aromatic N) is 2. The van der Waals surface area contributed by atoms with E-state index in [0.717, 1.165) is 0 Å². The third-order valence-electron chi connectivity index (χ3n) is 6.16. The molecule has 9 nitrogen and oxygen atoms in total. The highest BCUT2D eigenvalue weighted by Crippen LogP contribution is 2.25. The average molecular weight is 489 g/mol. The van der Waals surface area contributed by atoms with E-state index in [2.05, 4.69) is 15.6 Å². The van der Waals surface area contributed by atoms with Gasteiger partial charge in [0.05, 0.1) is 17.9 Å². The summed E-state index contributed by atoms with van der Waals surface area (Å²) in [5.74, 6) is -0.359. The van der Waals surface area contributed by atoms with E-state index >= 15 is 0 Å². The number of benzene rings is 1. The molecule has 1 aliphatic rings. The first-order chi connectivity index (χ1) is 16.3. The number of carbonyl (C=O) groups excluding carboxylic acids is 2. The van der Waals surface area contributed by atoms with Crippen LogP contribution in [0.25, 0.3) is 0 Å². The fourth-order valence-electron chi connectivity index (χ4n) is 3.89. The Hall–Kier alpha value is -2.98. The number of sulfonamides is 1. The Morgan fingerprint density at radius 2 is 1.94 bits per heavy atom. The van der Waals surface area contributed by atoms with Crippen LogP contribution in [0, 0.1) is 11.8 Å². The van der Waals surface area contributed by atoms with Crippen LogP contribution in [0.1, 0.15) is 33.1 Å². The van der Waals surface area contributed by atoms with E-state index < -0.39 is 22.0 Å². The SMILES string of the molecule is CC[C@@H](C)[C@H](NC(=O)[C@H]1CCCN(S(=O)(=O)c2ccc(OC)cc2)C1)C(=O)Nc1ccccn1. The number of rotatable bonds is 9. The second kappa shape index (κ2) is 11.4. The zero-order valence-electron chi connectivity index (χ0n) is 19.7. The molecule has 184 valence electrons. The molecular weight excluding hydrogens is 456 g/mol. The summed E-state index contributed by atoms with van der Waals surface area (Å²) >= 11 is 0. The zero-order chi connectivity index (χ0) is 24.7. The molecule has 1 saturated heterocycles. The normalized spacial score (nSPS) is 18.5. The standard InChI is InChI=1S/C24H32N4O5S/c1-4-17(2)22(24(30)26-21-9-5-6-14-25-21)27-23(29)18-8-7-15-28(16-18)34(31,32)20-12-10-19(33-3)11-13-20/h5-6,9-14,17-18,22H,4,7-8,15-16H2,1-3H3,(H,27,29)(H,25,26,30)/t17-,18+,22+/m1/s1. The van der Waals surface area contributed by atoms with Crippen LogP contribution in [0.4, 0.5) is 5.82 Å². The van der Waals surface area contributed by atoms with E-state index in [0.29, 0.717) is 37.4 Å². The number of anilines is 1. The number of hydrogen-bond acceptors (Lipinski definition) is 6. The summed E-state index contributed by atoms with van der Waals surface area (Å²) in [7, 11) is -2.24. The maximum absolute atomic E-state index is 13.1. The topological polar surface area (TPSA) is 118 Å². The summed E-state index contributed by atoms with van der Waals surface area (Å²) in [6.07, 6.45) is 3.37. The third-order valence-corrected chi connectivity index (χ3v) is 8.04. The Bertz CT molecular complexity index is 1080. The molecule has 3 rings (SSSR count). The molecule has 0 saturated carbocycles. The molecule has 2 amide bonds. The number of pyridine rings is 1. The van der Waals surface area contributed by atoms with Gasteiger partial charge >= 0.3 is 0 Å². The van der Waals surface area contributed by atoms with Gasteiger partial charge in [-0.1, -0.05) is 26.3 Å². The highest BCUT2D eigenvalue weighted by atomic mass is 32.2. The van der Waals surface area contributed by atoms with Crippen molar-refractivity contribution in [3.63, 3.8) is 0 Å². The van der Waals surface area contributed by atoms with Gasteiger partial charge < -0.3 is 15.4 Å². The first kappa shape index (κ1) is 25.6. The van der Waals surface area contributed by atoms with Crippen molar-refractivity contribution >= 4 is 27.7 Å². The van der Waals surface area contributed by atoms with Gasteiger partial charge in [-0.05, 0) is 55.2 Å². The summed E-state index contributed by atoms with van der Waals surface area (Å²) in [5.41, 5.74) is 0. The molecule has 3 atom stereocenters. The van der Waals surface area contributed by atoms with Crippen LogP contribution in [-0.2, 0) is 19.6 Å². The second-order valence-electron chi connectivity index (χ2n) is 8.45. The summed E-state index contributed by atoms with van der Waals surface area (Å²) in [5, 5.41) is 5.62. The molecule has 1 aromatic carbocycles.